The van der Waals surface area contributed by atoms with Crippen LogP contribution in [0.5, 0.6) is 0 Å². The largest absolute Gasteiger partial charge is 0.381 e. The van der Waals surface area contributed by atoms with Crippen molar-refractivity contribution < 1.29 is 9.53 Å². The molecule has 37 heavy (non-hydrogen) atoms. The van der Waals surface area contributed by atoms with E-state index in [0.717, 1.165) is 53.4 Å². The van der Waals surface area contributed by atoms with E-state index in [0.29, 0.717) is 42.4 Å². The summed E-state index contributed by atoms with van der Waals surface area (Å²) in [7, 11) is 0. The normalized spacial score (nSPS) is 22.0. The third-order valence-corrected chi connectivity index (χ3v) is 8.58. The number of carbonyl (C=O) groups excluding carboxylic acids is 1. The molecule has 4 aromatic rings. The predicted octanol–water partition coefficient (Wildman–Crippen LogP) is 4.13. The van der Waals surface area contributed by atoms with Gasteiger partial charge in [0.1, 0.15) is 11.3 Å². The second-order valence-corrected chi connectivity index (χ2v) is 10.9. The summed E-state index contributed by atoms with van der Waals surface area (Å²) in [6.07, 6.45) is 4.38. The number of nitrogens with one attached hydrogen (secondary N) is 1. The van der Waals surface area contributed by atoms with Crippen LogP contribution in [0.3, 0.4) is 0 Å². The van der Waals surface area contributed by atoms with Gasteiger partial charge < -0.3 is 19.5 Å². The van der Waals surface area contributed by atoms with Gasteiger partial charge in [0.25, 0.3) is 11.5 Å². The highest BCUT2D eigenvalue weighted by Gasteiger charge is 2.45. The molecule has 0 unspecified atom stereocenters. The molecular weight excluding hydrogens is 490 g/mol. The molecule has 2 aromatic carbocycles. The van der Waals surface area contributed by atoms with Crippen LogP contribution in [0.15, 0.2) is 47.4 Å². The SMILES string of the molecule is Cc1cc2c(cc1C(=O)N1C[C@@H]3C[C@H]1CN3c1ccc(Cl)cc1)[nH]c(=O)c1cnc(C3CCOCC3)n12. The van der Waals surface area contributed by atoms with Gasteiger partial charge in [-0.1, -0.05) is 11.6 Å². The first-order chi connectivity index (χ1) is 18.0. The summed E-state index contributed by atoms with van der Waals surface area (Å²) >= 11 is 6.07. The Labute approximate surface area is 218 Å². The number of piperazine rings is 1. The van der Waals surface area contributed by atoms with E-state index in [1.165, 1.54) is 0 Å². The van der Waals surface area contributed by atoms with Gasteiger partial charge in [0.05, 0.1) is 23.3 Å². The van der Waals surface area contributed by atoms with Gasteiger partial charge in [0, 0.05) is 54.5 Å². The number of imidazole rings is 1. The third-order valence-electron chi connectivity index (χ3n) is 8.33. The number of amides is 1. The number of benzene rings is 2. The smallest absolute Gasteiger partial charge is 0.274 e. The number of ether oxygens (including phenoxy) is 1. The molecular formula is C28H28ClN5O3. The van der Waals surface area contributed by atoms with Crippen LogP contribution in [0.25, 0.3) is 16.6 Å². The Bertz CT molecular complexity index is 1590. The Hall–Kier alpha value is -3.36. The number of fused-ring (bicyclic) bond motifs is 5. The average Bonchev–Trinajstić information content (AvgIpc) is 3.64. The first kappa shape index (κ1) is 22.8. The third kappa shape index (κ3) is 3.65. The van der Waals surface area contributed by atoms with Crippen molar-refractivity contribution in [1.82, 2.24) is 19.3 Å². The maximum absolute atomic E-state index is 13.8. The molecule has 3 fully saturated rings. The van der Waals surface area contributed by atoms with Crippen molar-refractivity contribution in [3.05, 3.63) is 74.9 Å². The molecule has 9 heteroatoms. The lowest BCUT2D eigenvalue weighted by Crippen LogP contribution is -2.49. The maximum Gasteiger partial charge on any atom is 0.274 e. The second kappa shape index (κ2) is 8.60. The lowest BCUT2D eigenvalue weighted by atomic mass is 9.99. The van der Waals surface area contributed by atoms with Gasteiger partial charge in [0.15, 0.2) is 0 Å². The number of aromatic amines is 1. The van der Waals surface area contributed by atoms with Crippen molar-refractivity contribution in [2.24, 2.45) is 0 Å². The molecule has 8 nitrogen and oxygen atoms in total. The number of halogens is 1. The maximum atomic E-state index is 13.8. The van der Waals surface area contributed by atoms with Crippen molar-refractivity contribution in [3.8, 4) is 0 Å². The lowest BCUT2D eigenvalue weighted by molar-refractivity contribution is 0.0725. The monoisotopic (exact) mass is 517 g/mol. The van der Waals surface area contributed by atoms with Crippen molar-refractivity contribution in [1.29, 1.82) is 0 Å². The summed E-state index contributed by atoms with van der Waals surface area (Å²) in [4.78, 5) is 38.7. The van der Waals surface area contributed by atoms with Crippen LogP contribution in [0, 0.1) is 6.92 Å². The highest BCUT2D eigenvalue weighted by molar-refractivity contribution is 6.30. The van der Waals surface area contributed by atoms with Crippen LogP contribution in [0.4, 0.5) is 5.69 Å². The summed E-state index contributed by atoms with van der Waals surface area (Å²) < 4.78 is 7.51. The zero-order chi connectivity index (χ0) is 25.3. The number of carbonyl (C=O) groups is 1. The summed E-state index contributed by atoms with van der Waals surface area (Å²) in [5.41, 5.74) is 4.55. The minimum absolute atomic E-state index is 0.0267. The molecule has 1 amide bonds. The Balaban J connectivity index is 1.22. The number of hydrogen-bond acceptors (Lipinski definition) is 5. The van der Waals surface area contributed by atoms with Crippen LogP contribution in [-0.4, -0.2) is 63.6 Å². The molecule has 190 valence electrons. The number of H-pyrrole nitrogens is 1. The van der Waals surface area contributed by atoms with E-state index in [4.69, 9.17) is 16.3 Å². The summed E-state index contributed by atoms with van der Waals surface area (Å²) in [5, 5.41) is 0.725. The van der Waals surface area contributed by atoms with Crippen molar-refractivity contribution in [2.75, 3.05) is 31.2 Å². The number of aromatic nitrogens is 3. The molecule has 1 N–H and O–H groups in total. The van der Waals surface area contributed by atoms with E-state index in [2.05, 4.69) is 14.9 Å². The molecule has 2 atom stereocenters. The van der Waals surface area contributed by atoms with Gasteiger partial charge in [-0.25, -0.2) is 4.98 Å². The van der Waals surface area contributed by atoms with E-state index >= 15 is 0 Å². The molecule has 0 saturated carbocycles. The zero-order valence-electron chi connectivity index (χ0n) is 20.6. The molecule has 2 bridgehead atoms. The molecule has 0 aliphatic carbocycles. The van der Waals surface area contributed by atoms with E-state index < -0.39 is 0 Å². The Morgan fingerprint density at radius 1 is 1.08 bits per heavy atom. The quantitative estimate of drug-likeness (QED) is 0.442. The van der Waals surface area contributed by atoms with Crippen molar-refractivity contribution >= 4 is 39.7 Å². The molecule has 3 aliphatic heterocycles. The standard InChI is InChI=1S/C28H28ClN5O3/c1-16-10-24-23(31-27(35)25-13-30-26(34(24)25)17-6-8-37-9-7-17)12-22(16)28(36)33-15-20-11-21(33)14-32(20)19-4-2-18(29)3-5-19/h2-5,10,12-13,17,20-21H,6-9,11,14-15H2,1H3,(H,31,35)/t20-,21-/m0/s1. The van der Waals surface area contributed by atoms with Gasteiger partial charge in [0.2, 0.25) is 0 Å². The van der Waals surface area contributed by atoms with Crippen LogP contribution in [-0.2, 0) is 4.74 Å². The first-order valence-corrected chi connectivity index (χ1v) is 13.3. The predicted molar refractivity (Wildman–Crippen MR) is 143 cm³/mol. The van der Waals surface area contributed by atoms with Gasteiger partial charge in [-0.2, -0.15) is 0 Å². The Kier molecular flexibility index (Phi) is 5.30. The molecule has 7 rings (SSSR count). The fourth-order valence-electron chi connectivity index (χ4n) is 6.44. The topological polar surface area (TPSA) is 82.9 Å². The van der Waals surface area contributed by atoms with Gasteiger partial charge in [-0.3, -0.25) is 14.0 Å². The fourth-order valence-corrected chi connectivity index (χ4v) is 6.56. The van der Waals surface area contributed by atoms with Crippen LogP contribution in [0.1, 0.15) is 46.9 Å². The molecule has 0 spiro atoms. The summed E-state index contributed by atoms with van der Waals surface area (Å²) in [6.45, 7) is 4.88. The first-order valence-electron chi connectivity index (χ1n) is 12.9. The number of rotatable bonds is 3. The summed E-state index contributed by atoms with van der Waals surface area (Å²) in [6, 6.07) is 12.2. The molecule has 5 heterocycles. The van der Waals surface area contributed by atoms with Crippen LogP contribution >= 0.6 is 11.6 Å². The molecule has 2 aromatic heterocycles. The summed E-state index contributed by atoms with van der Waals surface area (Å²) in [5.74, 6) is 1.16. The minimum Gasteiger partial charge on any atom is -0.381 e. The van der Waals surface area contributed by atoms with E-state index in [9.17, 15) is 9.59 Å². The van der Waals surface area contributed by atoms with Gasteiger partial charge in [-0.15, -0.1) is 0 Å². The van der Waals surface area contributed by atoms with Gasteiger partial charge >= 0.3 is 0 Å². The van der Waals surface area contributed by atoms with Crippen LogP contribution in [0.2, 0.25) is 5.02 Å². The van der Waals surface area contributed by atoms with E-state index in [-0.39, 0.29) is 23.4 Å². The minimum atomic E-state index is -0.195. The second-order valence-electron chi connectivity index (χ2n) is 10.5. The van der Waals surface area contributed by atoms with Crippen LogP contribution < -0.4 is 10.5 Å². The Morgan fingerprint density at radius 2 is 1.86 bits per heavy atom. The number of nitrogens with zero attached hydrogens (tertiary/aromatic N) is 4. The number of hydrogen-bond donors (Lipinski definition) is 1. The highest BCUT2D eigenvalue weighted by atomic mass is 35.5. The molecule has 0 radical (unpaired) electrons. The number of aryl methyl sites for hydroxylation is 1. The van der Waals surface area contributed by atoms with E-state index in [1.807, 2.05) is 52.6 Å². The van der Waals surface area contributed by atoms with E-state index in [1.54, 1.807) is 6.20 Å². The van der Waals surface area contributed by atoms with Crippen molar-refractivity contribution in [2.45, 2.75) is 44.2 Å². The molecule has 3 aliphatic rings. The van der Waals surface area contributed by atoms with Crippen molar-refractivity contribution in [3.63, 3.8) is 0 Å². The molecule has 3 saturated heterocycles. The zero-order valence-corrected chi connectivity index (χ0v) is 21.4. The number of likely N-dealkylation sites (tertiary alicyclic amines) is 1. The Morgan fingerprint density at radius 3 is 2.59 bits per heavy atom. The fraction of sp³-hybridized carbons (Fsp3) is 0.393. The van der Waals surface area contributed by atoms with Gasteiger partial charge in [-0.05, 0) is 68.1 Å². The number of anilines is 1. The highest BCUT2D eigenvalue weighted by Crippen LogP contribution is 2.36. The lowest BCUT2D eigenvalue weighted by Gasteiger charge is -2.36. The average molecular weight is 518 g/mol.